The van der Waals surface area contributed by atoms with Gasteiger partial charge in [-0.15, -0.1) is 0 Å². The van der Waals surface area contributed by atoms with E-state index < -0.39 is 22.5 Å². The maximum absolute atomic E-state index is 14.0. The lowest BCUT2D eigenvalue weighted by Gasteiger charge is -2.23. The van der Waals surface area contributed by atoms with Crippen molar-refractivity contribution < 1.29 is 32.3 Å². The zero-order valence-corrected chi connectivity index (χ0v) is 25.0. The molecule has 3 aromatic rings. The van der Waals surface area contributed by atoms with Crippen LogP contribution in [0.2, 0.25) is 0 Å². The van der Waals surface area contributed by atoms with Gasteiger partial charge in [-0.05, 0) is 32.6 Å². The Morgan fingerprint density at radius 3 is 2.41 bits per heavy atom. The minimum absolute atomic E-state index is 0.0805. The summed E-state index contributed by atoms with van der Waals surface area (Å²) in [5.74, 6) is -0.314. The Bertz CT molecular complexity index is 1470. The van der Waals surface area contributed by atoms with Crippen LogP contribution in [0.4, 0.5) is 53.4 Å². The van der Waals surface area contributed by atoms with E-state index in [9.17, 15) is 23.3 Å². The standard InChI is InChI=1S/C28H35F3N8O5/c1-37(2)9-10-38(3)22-14-25(43-5)21(13-23(22)39(40)41)34-26-19(28(29,30)31)15-32-27(36-26)35-20-7-6-17(12-24(20)42-4)33-18-8-11-44-16-18/h6-7,12-15,18,33H,8-11,16H2,1-5H3,(H2,32,34,35,36). The summed E-state index contributed by atoms with van der Waals surface area (Å²) in [6.45, 7) is 2.33. The molecule has 1 saturated heterocycles. The van der Waals surface area contributed by atoms with Crippen LogP contribution < -0.4 is 30.3 Å². The van der Waals surface area contributed by atoms with Gasteiger partial charge in [0.25, 0.3) is 5.69 Å². The lowest BCUT2D eigenvalue weighted by atomic mass is 10.2. The number of likely N-dealkylation sites (N-methyl/N-ethyl adjacent to an activating group) is 2. The van der Waals surface area contributed by atoms with Crippen molar-refractivity contribution in [2.24, 2.45) is 0 Å². The fourth-order valence-corrected chi connectivity index (χ4v) is 4.51. The highest BCUT2D eigenvalue weighted by atomic mass is 19.4. The Hall–Kier alpha value is -4.57. The minimum atomic E-state index is -4.83. The van der Waals surface area contributed by atoms with Crippen molar-refractivity contribution in [3.05, 3.63) is 52.2 Å². The van der Waals surface area contributed by atoms with Gasteiger partial charge in [0.05, 0.1) is 43.2 Å². The van der Waals surface area contributed by atoms with Crippen molar-refractivity contribution in [2.75, 3.05) is 82.5 Å². The van der Waals surface area contributed by atoms with Crippen LogP contribution in [0.5, 0.6) is 11.5 Å². The number of nitrogens with one attached hydrogen (secondary N) is 3. The Balaban J connectivity index is 1.67. The van der Waals surface area contributed by atoms with E-state index in [1.807, 2.05) is 19.0 Å². The largest absolute Gasteiger partial charge is 0.494 e. The molecule has 0 aliphatic carbocycles. The molecule has 0 amide bonds. The maximum Gasteiger partial charge on any atom is 0.421 e. The number of nitro groups is 1. The number of methoxy groups -OCH3 is 2. The number of anilines is 6. The van der Waals surface area contributed by atoms with Crippen LogP contribution >= 0.6 is 0 Å². The molecule has 0 radical (unpaired) electrons. The molecule has 3 N–H and O–H groups in total. The van der Waals surface area contributed by atoms with Crippen molar-refractivity contribution in [3.8, 4) is 11.5 Å². The molecule has 1 atom stereocenters. The third kappa shape index (κ3) is 7.87. The Labute approximate surface area is 252 Å². The fourth-order valence-electron chi connectivity index (χ4n) is 4.51. The molecule has 1 fully saturated rings. The van der Waals surface area contributed by atoms with E-state index in [1.54, 1.807) is 30.1 Å². The highest BCUT2D eigenvalue weighted by Crippen LogP contribution is 2.42. The van der Waals surface area contributed by atoms with Crippen molar-refractivity contribution >= 4 is 40.2 Å². The molecule has 1 unspecified atom stereocenters. The third-order valence-corrected chi connectivity index (χ3v) is 6.88. The molecule has 0 saturated carbocycles. The van der Waals surface area contributed by atoms with Gasteiger partial charge in [0.2, 0.25) is 5.95 Å². The summed E-state index contributed by atoms with van der Waals surface area (Å²) in [6.07, 6.45) is -3.34. The number of hydrogen-bond donors (Lipinski definition) is 3. The monoisotopic (exact) mass is 620 g/mol. The lowest BCUT2D eigenvalue weighted by Crippen LogP contribution is -2.29. The molecule has 4 rings (SSSR count). The first-order chi connectivity index (χ1) is 20.9. The van der Waals surface area contributed by atoms with Crippen LogP contribution in [-0.2, 0) is 10.9 Å². The van der Waals surface area contributed by atoms with Crippen LogP contribution in [0.1, 0.15) is 12.0 Å². The molecule has 16 heteroatoms. The van der Waals surface area contributed by atoms with Crippen molar-refractivity contribution in [3.63, 3.8) is 0 Å². The van der Waals surface area contributed by atoms with Crippen LogP contribution in [-0.4, -0.2) is 87.5 Å². The average Bonchev–Trinajstić information content (AvgIpc) is 3.49. The lowest BCUT2D eigenvalue weighted by molar-refractivity contribution is -0.384. The summed E-state index contributed by atoms with van der Waals surface area (Å²) in [7, 11) is 8.20. The number of hydrogen-bond acceptors (Lipinski definition) is 12. The van der Waals surface area contributed by atoms with Gasteiger partial charge >= 0.3 is 6.18 Å². The predicted molar refractivity (Wildman–Crippen MR) is 161 cm³/mol. The van der Waals surface area contributed by atoms with E-state index in [4.69, 9.17) is 14.2 Å². The van der Waals surface area contributed by atoms with Gasteiger partial charge in [0.15, 0.2) is 0 Å². The second kappa shape index (κ2) is 13.8. The second-order valence-corrected chi connectivity index (χ2v) is 10.3. The first-order valence-corrected chi connectivity index (χ1v) is 13.6. The van der Waals surface area contributed by atoms with Crippen molar-refractivity contribution in [1.29, 1.82) is 0 Å². The Kier molecular flexibility index (Phi) is 10.2. The summed E-state index contributed by atoms with van der Waals surface area (Å²) in [6, 6.07) is 7.90. The number of halogens is 3. The molecule has 1 aliphatic rings. The number of alkyl halides is 3. The summed E-state index contributed by atoms with van der Waals surface area (Å²) in [5, 5.41) is 20.8. The summed E-state index contributed by atoms with van der Waals surface area (Å²) in [4.78, 5) is 22.9. The van der Waals surface area contributed by atoms with E-state index in [1.165, 1.54) is 20.3 Å². The third-order valence-electron chi connectivity index (χ3n) is 6.88. The number of nitrogens with zero attached hydrogens (tertiary/aromatic N) is 5. The minimum Gasteiger partial charge on any atom is -0.494 e. The molecule has 13 nitrogen and oxygen atoms in total. The van der Waals surface area contributed by atoms with Gasteiger partial charge in [-0.25, -0.2) is 4.98 Å². The van der Waals surface area contributed by atoms with Crippen LogP contribution in [0.15, 0.2) is 36.5 Å². The number of benzene rings is 2. The van der Waals surface area contributed by atoms with Crippen molar-refractivity contribution in [1.82, 2.24) is 14.9 Å². The highest BCUT2D eigenvalue weighted by molar-refractivity contribution is 5.78. The smallest absolute Gasteiger partial charge is 0.421 e. The number of rotatable bonds is 13. The van der Waals surface area contributed by atoms with Crippen LogP contribution in [0.25, 0.3) is 0 Å². The number of aromatic nitrogens is 2. The number of nitro benzene ring substituents is 1. The van der Waals surface area contributed by atoms with E-state index in [0.29, 0.717) is 43.9 Å². The van der Waals surface area contributed by atoms with Gasteiger partial charge in [0, 0.05) is 56.8 Å². The van der Waals surface area contributed by atoms with Gasteiger partial charge in [-0.1, -0.05) is 0 Å². The van der Waals surface area contributed by atoms with E-state index in [0.717, 1.165) is 18.2 Å². The van der Waals surface area contributed by atoms with Gasteiger partial charge in [-0.2, -0.15) is 18.2 Å². The van der Waals surface area contributed by atoms with Gasteiger partial charge < -0.3 is 40.0 Å². The van der Waals surface area contributed by atoms with Crippen molar-refractivity contribution in [2.45, 2.75) is 18.6 Å². The highest BCUT2D eigenvalue weighted by Gasteiger charge is 2.36. The topological polar surface area (TPSA) is 139 Å². The first-order valence-electron chi connectivity index (χ1n) is 13.6. The SMILES string of the molecule is COc1cc(NC2CCOC2)ccc1Nc1ncc(C(F)(F)F)c(Nc2cc([N+](=O)[O-])c(N(C)CCN(C)C)cc2OC)n1. The van der Waals surface area contributed by atoms with Crippen LogP contribution in [0.3, 0.4) is 0 Å². The molecule has 2 aromatic carbocycles. The number of ether oxygens (including phenoxy) is 3. The van der Waals surface area contributed by atoms with Gasteiger partial charge in [-0.3, -0.25) is 10.1 Å². The molecule has 44 heavy (non-hydrogen) atoms. The van der Waals surface area contributed by atoms with Crippen LogP contribution in [0, 0.1) is 10.1 Å². The Morgan fingerprint density at radius 1 is 1.07 bits per heavy atom. The Morgan fingerprint density at radius 2 is 1.80 bits per heavy atom. The first kappa shape index (κ1) is 32.3. The summed E-state index contributed by atoms with van der Waals surface area (Å²) >= 11 is 0. The molecule has 2 heterocycles. The zero-order chi connectivity index (χ0) is 32.0. The zero-order valence-electron chi connectivity index (χ0n) is 25.0. The second-order valence-electron chi connectivity index (χ2n) is 10.3. The predicted octanol–water partition coefficient (Wildman–Crippen LogP) is 5.11. The molecular formula is C28H35F3N8O5. The average molecular weight is 621 g/mol. The molecule has 1 aliphatic heterocycles. The normalized spacial score (nSPS) is 14.8. The van der Waals surface area contributed by atoms with E-state index in [2.05, 4.69) is 25.9 Å². The summed E-state index contributed by atoms with van der Waals surface area (Å²) < 4.78 is 58.4. The molecule has 1 aromatic heterocycles. The van der Waals surface area contributed by atoms with E-state index >= 15 is 0 Å². The van der Waals surface area contributed by atoms with Gasteiger partial charge in [0.1, 0.15) is 28.6 Å². The molecule has 0 bridgehead atoms. The summed E-state index contributed by atoms with van der Waals surface area (Å²) in [5.41, 5.74) is -0.148. The quantitative estimate of drug-likeness (QED) is 0.173. The molecular weight excluding hydrogens is 585 g/mol. The van der Waals surface area contributed by atoms with E-state index in [-0.39, 0.29) is 34.8 Å². The molecule has 0 spiro atoms. The fraction of sp³-hybridized carbons (Fsp3) is 0.429. The maximum atomic E-state index is 14.0. The molecule has 238 valence electrons.